The molecule has 9 nitrogen and oxygen atoms in total. The maximum absolute atomic E-state index is 12.4. The minimum absolute atomic E-state index is 0.180. The van der Waals surface area contributed by atoms with Gasteiger partial charge in [-0.3, -0.25) is 19.3 Å². The largest absolute Gasteiger partial charge is 0.459 e. The Hall–Kier alpha value is -3.62. The third-order valence-corrected chi connectivity index (χ3v) is 5.30. The number of amides is 5. The highest BCUT2D eigenvalue weighted by Gasteiger charge is 2.34. The van der Waals surface area contributed by atoms with E-state index in [1.165, 1.54) is 11.2 Å². The number of carbonyl (C=O) groups is 4. The summed E-state index contributed by atoms with van der Waals surface area (Å²) in [4.78, 5) is 53.8. The Balaban J connectivity index is 1.19. The molecule has 0 atom stereocenters. The molecule has 9 heteroatoms. The van der Waals surface area contributed by atoms with E-state index in [0.29, 0.717) is 56.0 Å². The first-order valence-corrected chi connectivity index (χ1v) is 9.87. The summed E-state index contributed by atoms with van der Waals surface area (Å²) < 4.78 is 5.13. The van der Waals surface area contributed by atoms with Crippen LogP contribution in [0.25, 0.3) is 0 Å². The lowest BCUT2D eigenvalue weighted by molar-refractivity contribution is 0.0626. The van der Waals surface area contributed by atoms with Crippen molar-refractivity contribution in [2.45, 2.75) is 6.42 Å². The maximum Gasteiger partial charge on any atom is 0.317 e. The molecule has 156 valence electrons. The predicted molar refractivity (Wildman–Crippen MR) is 106 cm³/mol. The normalized spacial score (nSPS) is 16.1. The molecule has 0 saturated carbocycles. The number of nitrogens with one attached hydrogen (secondary N) is 1. The van der Waals surface area contributed by atoms with Gasteiger partial charge in [0.2, 0.25) is 0 Å². The summed E-state index contributed by atoms with van der Waals surface area (Å²) in [5.41, 5.74) is 0.849. The number of hydrogen-bond acceptors (Lipinski definition) is 5. The molecule has 0 unspecified atom stereocenters. The Morgan fingerprint density at radius 3 is 2.13 bits per heavy atom. The monoisotopic (exact) mass is 410 g/mol. The first-order valence-electron chi connectivity index (χ1n) is 9.87. The van der Waals surface area contributed by atoms with Gasteiger partial charge in [0.1, 0.15) is 0 Å². The van der Waals surface area contributed by atoms with Gasteiger partial charge < -0.3 is 19.5 Å². The van der Waals surface area contributed by atoms with Crippen molar-refractivity contribution in [3.05, 3.63) is 59.5 Å². The number of carbonyl (C=O) groups excluding carboxylic acids is 4. The lowest BCUT2D eigenvalue weighted by atomic mass is 10.1. The number of fused-ring (bicyclic) bond motifs is 1. The molecule has 0 aliphatic carbocycles. The number of imide groups is 1. The molecule has 2 aliphatic heterocycles. The molecule has 2 aliphatic rings. The number of benzene rings is 1. The van der Waals surface area contributed by atoms with Crippen LogP contribution in [0.3, 0.4) is 0 Å². The van der Waals surface area contributed by atoms with Gasteiger partial charge in [0.15, 0.2) is 5.76 Å². The van der Waals surface area contributed by atoms with Gasteiger partial charge in [-0.05, 0) is 30.7 Å². The third kappa shape index (κ3) is 3.78. The molecule has 1 N–H and O–H groups in total. The number of furan rings is 1. The summed E-state index contributed by atoms with van der Waals surface area (Å²) in [5.74, 6) is -0.472. The van der Waals surface area contributed by atoms with E-state index in [-0.39, 0.29) is 30.3 Å². The quantitative estimate of drug-likeness (QED) is 0.593. The van der Waals surface area contributed by atoms with Gasteiger partial charge >= 0.3 is 6.03 Å². The number of hydrogen-bond donors (Lipinski definition) is 1. The molecular formula is C21H22N4O5. The second-order valence-corrected chi connectivity index (χ2v) is 7.15. The van der Waals surface area contributed by atoms with Crippen LogP contribution in [0.15, 0.2) is 47.1 Å². The van der Waals surface area contributed by atoms with Crippen LogP contribution in [0, 0.1) is 0 Å². The molecule has 1 aromatic heterocycles. The van der Waals surface area contributed by atoms with E-state index in [0.717, 1.165) is 0 Å². The highest BCUT2D eigenvalue weighted by molar-refractivity contribution is 6.21. The molecule has 3 heterocycles. The molecule has 0 bridgehead atoms. The SMILES string of the molecule is O=C(NCCCN1C(=O)c2ccccc2C1=O)N1CCN(C(=O)c2ccco2)CC1. The van der Waals surface area contributed by atoms with Crippen molar-refractivity contribution in [2.75, 3.05) is 39.3 Å². The van der Waals surface area contributed by atoms with Crippen LogP contribution in [-0.2, 0) is 0 Å². The fourth-order valence-corrected chi connectivity index (χ4v) is 3.66. The maximum atomic E-state index is 12.4. The molecule has 4 rings (SSSR count). The fraction of sp³-hybridized carbons (Fsp3) is 0.333. The van der Waals surface area contributed by atoms with Gasteiger partial charge in [-0.2, -0.15) is 0 Å². The van der Waals surface area contributed by atoms with Gasteiger partial charge in [0.25, 0.3) is 17.7 Å². The van der Waals surface area contributed by atoms with Crippen LogP contribution in [-0.4, -0.2) is 77.7 Å². The Morgan fingerprint density at radius 2 is 1.53 bits per heavy atom. The first kappa shape index (κ1) is 19.7. The van der Waals surface area contributed by atoms with Gasteiger partial charge in [0, 0.05) is 39.3 Å². The average Bonchev–Trinajstić information content (AvgIpc) is 3.40. The molecule has 0 radical (unpaired) electrons. The van der Waals surface area contributed by atoms with Crippen LogP contribution in [0.5, 0.6) is 0 Å². The van der Waals surface area contributed by atoms with Crippen LogP contribution in [0.2, 0.25) is 0 Å². The van der Waals surface area contributed by atoms with E-state index >= 15 is 0 Å². The van der Waals surface area contributed by atoms with Gasteiger partial charge in [-0.1, -0.05) is 12.1 Å². The summed E-state index contributed by atoms with van der Waals surface area (Å²) in [6.45, 7) is 2.31. The van der Waals surface area contributed by atoms with E-state index in [9.17, 15) is 19.2 Å². The van der Waals surface area contributed by atoms with Crippen molar-refractivity contribution in [1.29, 1.82) is 0 Å². The topological polar surface area (TPSA) is 103 Å². The predicted octanol–water partition coefficient (Wildman–Crippen LogP) is 1.43. The molecule has 1 aromatic carbocycles. The van der Waals surface area contributed by atoms with Crippen molar-refractivity contribution in [3.63, 3.8) is 0 Å². The summed E-state index contributed by atoms with van der Waals surface area (Å²) in [5, 5.41) is 2.81. The zero-order valence-corrected chi connectivity index (χ0v) is 16.4. The van der Waals surface area contributed by atoms with E-state index in [1.54, 1.807) is 46.2 Å². The second-order valence-electron chi connectivity index (χ2n) is 7.15. The lowest BCUT2D eigenvalue weighted by Gasteiger charge is -2.34. The highest BCUT2D eigenvalue weighted by Crippen LogP contribution is 2.22. The summed E-state index contributed by atoms with van der Waals surface area (Å²) >= 11 is 0. The van der Waals surface area contributed by atoms with Gasteiger partial charge in [-0.15, -0.1) is 0 Å². The smallest absolute Gasteiger partial charge is 0.317 e. The standard InChI is InChI=1S/C21H22N4O5/c26-18-15-5-1-2-6-16(15)19(27)25(18)9-4-8-22-21(29)24-12-10-23(11-13-24)20(28)17-7-3-14-30-17/h1-3,5-7,14H,4,8-13H2,(H,22,29). The highest BCUT2D eigenvalue weighted by atomic mass is 16.3. The number of urea groups is 1. The van der Waals surface area contributed by atoms with E-state index in [2.05, 4.69) is 5.32 Å². The van der Waals surface area contributed by atoms with E-state index in [1.807, 2.05) is 0 Å². The minimum Gasteiger partial charge on any atom is -0.459 e. The number of nitrogens with zero attached hydrogens (tertiary/aromatic N) is 3. The molecule has 1 fully saturated rings. The van der Waals surface area contributed by atoms with E-state index < -0.39 is 0 Å². The zero-order valence-electron chi connectivity index (χ0n) is 16.4. The first-order chi connectivity index (χ1) is 14.6. The molecule has 5 amide bonds. The van der Waals surface area contributed by atoms with Crippen LogP contribution < -0.4 is 5.32 Å². The molecule has 2 aromatic rings. The zero-order chi connectivity index (χ0) is 21.1. The van der Waals surface area contributed by atoms with Crippen molar-refractivity contribution in [1.82, 2.24) is 20.0 Å². The second kappa shape index (κ2) is 8.40. The van der Waals surface area contributed by atoms with Crippen molar-refractivity contribution in [3.8, 4) is 0 Å². The van der Waals surface area contributed by atoms with E-state index in [4.69, 9.17) is 4.42 Å². The Bertz CT molecular complexity index is 929. The Labute approximate surface area is 173 Å². The Morgan fingerprint density at radius 1 is 0.900 bits per heavy atom. The lowest BCUT2D eigenvalue weighted by Crippen LogP contribution is -2.53. The van der Waals surface area contributed by atoms with Crippen LogP contribution in [0.1, 0.15) is 37.7 Å². The summed E-state index contributed by atoms with van der Waals surface area (Å²) in [6.07, 6.45) is 1.92. The number of rotatable bonds is 5. The van der Waals surface area contributed by atoms with Crippen LogP contribution >= 0.6 is 0 Å². The fourth-order valence-electron chi connectivity index (χ4n) is 3.66. The van der Waals surface area contributed by atoms with Crippen molar-refractivity contribution >= 4 is 23.8 Å². The molecule has 1 saturated heterocycles. The molecular weight excluding hydrogens is 388 g/mol. The molecule has 0 spiro atoms. The number of piperazine rings is 1. The van der Waals surface area contributed by atoms with Crippen molar-refractivity contribution < 1.29 is 23.6 Å². The summed E-state index contributed by atoms with van der Waals surface area (Å²) in [7, 11) is 0. The molecule has 30 heavy (non-hydrogen) atoms. The van der Waals surface area contributed by atoms with Crippen molar-refractivity contribution in [2.24, 2.45) is 0 Å². The summed E-state index contributed by atoms with van der Waals surface area (Å²) in [6, 6.07) is 9.82. The average molecular weight is 410 g/mol. The Kier molecular flexibility index (Phi) is 5.51. The van der Waals surface area contributed by atoms with Crippen LogP contribution in [0.4, 0.5) is 4.79 Å². The third-order valence-electron chi connectivity index (χ3n) is 5.30. The minimum atomic E-state index is -0.292. The van der Waals surface area contributed by atoms with Gasteiger partial charge in [-0.25, -0.2) is 4.79 Å². The van der Waals surface area contributed by atoms with Gasteiger partial charge in [0.05, 0.1) is 17.4 Å².